The Kier molecular flexibility index (Phi) is 2.73. The minimum absolute atomic E-state index is 0.263. The van der Waals surface area contributed by atoms with E-state index in [0.717, 1.165) is 0 Å². The third-order valence-corrected chi connectivity index (χ3v) is 2.40. The summed E-state index contributed by atoms with van der Waals surface area (Å²) in [6.07, 6.45) is 2.39. The topological polar surface area (TPSA) is 72.6 Å². The zero-order valence-electron chi connectivity index (χ0n) is 8.59. The van der Waals surface area contributed by atoms with Crippen molar-refractivity contribution in [2.24, 2.45) is 0 Å². The maximum Gasteiger partial charge on any atom is 0.414 e. The average molecular weight is 286 g/mol. The molecule has 2 rings (SSSR count). The smallest absolute Gasteiger partial charge is 0.404 e. The molecular weight excluding hydrogens is 278 g/mol. The lowest BCUT2D eigenvalue weighted by Gasteiger charge is -2.10. The Bertz CT molecular complexity index is 538. The molecule has 2 aromatic rings. The van der Waals surface area contributed by atoms with Crippen LogP contribution in [0.5, 0.6) is 5.75 Å². The van der Waals surface area contributed by atoms with Crippen LogP contribution in [-0.4, -0.2) is 44.7 Å². The molecule has 0 saturated carbocycles. The van der Waals surface area contributed by atoms with Gasteiger partial charge in [-0.1, -0.05) is 0 Å². The third-order valence-electron chi connectivity index (χ3n) is 1.82. The van der Waals surface area contributed by atoms with Gasteiger partial charge in [-0.25, -0.2) is 9.78 Å². The van der Waals surface area contributed by atoms with Crippen LogP contribution < -0.4 is 4.74 Å². The normalized spacial score (nSPS) is 10.4. The number of hydrogen-bond donors (Lipinski definition) is 0. The second-order valence-electron chi connectivity index (χ2n) is 3.18. The van der Waals surface area contributed by atoms with Crippen LogP contribution in [0.2, 0.25) is 0 Å². The third kappa shape index (κ3) is 1.83. The van der Waals surface area contributed by atoms with Gasteiger partial charge in [-0.3, -0.25) is 4.40 Å². The molecule has 8 heteroatoms. The van der Waals surface area contributed by atoms with Gasteiger partial charge in [0.2, 0.25) is 5.65 Å². The molecule has 0 saturated heterocycles. The number of carbonyl (C=O) groups excluding carboxylic acids is 1. The van der Waals surface area contributed by atoms with Crippen LogP contribution in [0, 0.1) is 0 Å². The fourth-order valence-corrected chi connectivity index (χ4v) is 1.39. The monoisotopic (exact) mass is 285 g/mol. The summed E-state index contributed by atoms with van der Waals surface area (Å²) >= 11 is 3.23. The molecule has 84 valence electrons. The lowest BCUT2D eigenvalue weighted by atomic mass is 10.5. The fourth-order valence-electron chi connectivity index (χ4n) is 1.03. The van der Waals surface area contributed by atoms with Crippen LogP contribution >= 0.6 is 15.9 Å². The van der Waals surface area contributed by atoms with Crippen molar-refractivity contribution in [3.05, 3.63) is 17.3 Å². The summed E-state index contributed by atoms with van der Waals surface area (Å²) in [5.74, 6) is 0.263. The van der Waals surface area contributed by atoms with Gasteiger partial charge in [-0.2, -0.15) is 0 Å². The van der Waals surface area contributed by atoms with E-state index in [9.17, 15) is 4.79 Å². The van der Waals surface area contributed by atoms with Crippen molar-refractivity contribution in [2.45, 2.75) is 0 Å². The minimum atomic E-state index is -0.492. The molecule has 0 atom stereocenters. The van der Waals surface area contributed by atoms with E-state index in [1.54, 1.807) is 18.5 Å². The number of rotatable bonds is 1. The Morgan fingerprint density at radius 3 is 3.00 bits per heavy atom. The molecule has 0 aromatic carbocycles. The Morgan fingerprint density at radius 1 is 1.56 bits per heavy atom. The molecule has 0 N–H and O–H groups in total. The highest BCUT2D eigenvalue weighted by Crippen LogP contribution is 2.19. The van der Waals surface area contributed by atoms with E-state index in [1.165, 1.54) is 17.4 Å². The second-order valence-corrected chi connectivity index (χ2v) is 3.89. The van der Waals surface area contributed by atoms with Crippen molar-refractivity contribution >= 4 is 27.7 Å². The lowest BCUT2D eigenvalue weighted by Crippen LogP contribution is -2.25. The first-order valence-electron chi connectivity index (χ1n) is 4.33. The van der Waals surface area contributed by atoms with Gasteiger partial charge in [0.25, 0.3) is 0 Å². The standard InChI is InChI=1S/C8H8BrN5O2/c1-13(2)8(15)16-5-3-10-7(9)14-4-11-12-6(5)14/h3-4H,1-2H3. The molecule has 0 radical (unpaired) electrons. The summed E-state index contributed by atoms with van der Waals surface area (Å²) < 4.78 is 7.19. The summed E-state index contributed by atoms with van der Waals surface area (Å²) in [4.78, 5) is 16.7. The minimum Gasteiger partial charge on any atom is -0.404 e. The number of nitrogens with zero attached hydrogens (tertiary/aromatic N) is 5. The Balaban J connectivity index is 2.42. The van der Waals surface area contributed by atoms with Gasteiger partial charge in [-0.05, 0) is 15.9 Å². The highest BCUT2D eigenvalue weighted by molar-refractivity contribution is 9.10. The lowest BCUT2D eigenvalue weighted by molar-refractivity contribution is 0.172. The van der Waals surface area contributed by atoms with Crippen LogP contribution in [-0.2, 0) is 0 Å². The first kappa shape index (κ1) is 10.8. The van der Waals surface area contributed by atoms with Gasteiger partial charge >= 0.3 is 6.09 Å². The van der Waals surface area contributed by atoms with E-state index in [4.69, 9.17) is 4.74 Å². The summed E-state index contributed by atoms with van der Waals surface area (Å²) in [5.41, 5.74) is 0.428. The van der Waals surface area contributed by atoms with Crippen LogP contribution in [0.1, 0.15) is 0 Å². The van der Waals surface area contributed by atoms with Crippen LogP contribution in [0.4, 0.5) is 4.79 Å². The number of fused-ring (bicyclic) bond motifs is 1. The molecule has 0 fully saturated rings. The first-order valence-corrected chi connectivity index (χ1v) is 5.12. The van der Waals surface area contributed by atoms with Gasteiger partial charge in [0.1, 0.15) is 6.33 Å². The van der Waals surface area contributed by atoms with Crippen molar-refractivity contribution in [1.82, 2.24) is 24.5 Å². The molecule has 0 unspecified atom stereocenters. The Labute approximate surface area is 99.2 Å². The van der Waals surface area contributed by atoms with Crippen molar-refractivity contribution in [3.63, 3.8) is 0 Å². The fraction of sp³-hybridized carbons (Fsp3) is 0.250. The molecule has 2 aromatic heterocycles. The predicted octanol–water partition coefficient (Wildman–Crippen LogP) is 0.947. The Morgan fingerprint density at radius 2 is 2.31 bits per heavy atom. The molecule has 0 spiro atoms. The summed E-state index contributed by atoms with van der Waals surface area (Å²) in [5, 5.41) is 7.55. The number of ether oxygens (including phenoxy) is 1. The zero-order valence-corrected chi connectivity index (χ0v) is 10.2. The van der Waals surface area contributed by atoms with Crippen molar-refractivity contribution in [2.75, 3.05) is 14.1 Å². The van der Waals surface area contributed by atoms with Gasteiger partial charge in [0, 0.05) is 14.1 Å². The number of amides is 1. The molecule has 2 heterocycles. The summed E-state index contributed by atoms with van der Waals surface area (Å²) in [6, 6.07) is 0. The summed E-state index contributed by atoms with van der Waals surface area (Å²) in [6.45, 7) is 0. The summed E-state index contributed by atoms with van der Waals surface area (Å²) in [7, 11) is 3.19. The van der Waals surface area contributed by atoms with Crippen molar-refractivity contribution < 1.29 is 9.53 Å². The molecule has 0 aliphatic heterocycles. The number of carbonyl (C=O) groups is 1. The molecule has 0 bridgehead atoms. The maximum absolute atomic E-state index is 11.4. The largest absolute Gasteiger partial charge is 0.414 e. The van der Waals surface area contributed by atoms with Gasteiger partial charge in [-0.15, -0.1) is 10.2 Å². The SMILES string of the molecule is CN(C)C(=O)Oc1cnc(Br)n2cnnc12. The highest BCUT2D eigenvalue weighted by atomic mass is 79.9. The predicted molar refractivity (Wildman–Crippen MR) is 58.2 cm³/mol. The highest BCUT2D eigenvalue weighted by Gasteiger charge is 2.13. The number of hydrogen-bond acceptors (Lipinski definition) is 5. The van der Waals surface area contributed by atoms with E-state index in [-0.39, 0.29) is 5.75 Å². The number of halogens is 1. The molecule has 16 heavy (non-hydrogen) atoms. The maximum atomic E-state index is 11.4. The molecular formula is C8H8BrN5O2. The average Bonchev–Trinajstić information content (AvgIpc) is 2.71. The van der Waals surface area contributed by atoms with Crippen molar-refractivity contribution in [1.29, 1.82) is 0 Å². The van der Waals surface area contributed by atoms with E-state index < -0.39 is 6.09 Å². The number of aromatic nitrogens is 4. The van der Waals surface area contributed by atoms with E-state index in [1.807, 2.05) is 0 Å². The molecule has 0 aliphatic carbocycles. The van der Waals surface area contributed by atoms with Crippen molar-refractivity contribution in [3.8, 4) is 5.75 Å². The quantitative estimate of drug-likeness (QED) is 0.730. The second kappa shape index (κ2) is 4.05. The van der Waals surface area contributed by atoms with Gasteiger partial charge in [0.15, 0.2) is 10.5 Å². The molecule has 1 amide bonds. The van der Waals surface area contributed by atoms with Gasteiger partial charge < -0.3 is 9.64 Å². The van der Waals surface area contributed by atoms with Crippen LogP contribution in [0.25, 0.3) is 5.65 Å². The van der Waals surface area contributed by atoms with Crippen LogP contribution in [0.3, 0.4) is 0 Å². The molecule has 0 aliphatic rings. The van der Waals surface area contributed by atoms with E-state index in [2.05, 4.69) is 31.1 Å². The van der Waals surface area contributed by atoms with E-state index in [0.29, 0.717) is 10.4 Å². The molecule has 7 nitrogen and oxygen atoms in total. The van der Waals surface area contributed by atoms with Crippen LogP contribution in [0.15, 0.2) is 17.3 Å². The first-order chi connectivity index (χ1) is 7.59. The zero-order chi connectivity index (χ0) is 11.7. The van der Waals surface area contributed by atoms with E-state index >= 15 is 0 Å². The Hall–Kier alpha value is -1.70. The van der Waals surface area contributed by atoms with Gasteiger partial charge in [0.05, 0.1) is 6.20 Å².